The van der Waals surface area contributed by atoms with Gasteiger partial charge in [-0.05, 0) is 5.56 Å². The quantitative estimate of drug-likeness (QED) is 0.388. The van der Waals surface area contributed by atoms with E-state index >= 15 is 0 Å². The van der Waals surface area contributed by atoms with Crippen molar-refractivity contribution in [2.75, 3.05) is 11.9 Å². The van der Waals surface area contributed by atoms with Gasteiger partial charge in [0, 0.05) is 6.54 Å². The molecule has 28 heavy (non-hydrogen) atoms. The van der Waals surface area contributed by atoms with Crippen LogP contribution in [0.1, 0.15) is 11.8 Å². The third-order valence-corrected chi connectivity index (χ3v) is 4.80. The number of aromatic nitrogens is 4. The largest absolute Gasteiger partial charge is 0.394 e. The van der Waals surface area contributed by atoms with E-state index in [9.17, 15) is 20.4 Å². The van der Waals surface area contributed by atoms with Gasteiger partial charge in [-0.1, -0.05) is 30.3 Å². The summed E-state index contributed by atoms with van der Waals surface area (Å²) in [7, 11) is 0. The summed E-state index contributed by atoms with van der Waals surface area (Å²) in [5.41, 5.74) is 1.92. The standard InChI is InChI=1S/C18H21N5O5/c24-7-11-13(25)14(26)15(27)18(28-11)23-9-22-12-16(20-8-21-17(12)23)19-6-10-4-2-1-3-5-10/h1-5,8-9,11,13-15,18,24-27H,6-7H2,(H,19,20,21)/t11-,13-,14+,15-,18+/m1/s1. The summed E-state index contributed by atoms with van der Waals surface area (Å²) in [5, 5.41) is 42.9. The molecule has 3 aromatic rings. The summed E-state index contributed by atoms with van der Waals surface area (Å²) in [6.07, 6.45) is -3.64. The highest BCUT2D eigenvalue weighted by Crippen LogP contribution is 2.31. The molecule has 5 atom stereocenters. The lowest BCUT2D eigenvalue weighted by Crippen LogP contribution is -2.56. The summed E-state index contributed by atoms with van der Waals surface area (Å²) < 4.78 is 7.04. The van der Waals surface area contributed by atoms with Crippen molar-refractivity contribution in [3.8, 4) is 0 Å². The lowest BCUT2D eigenvalue weighted by molar-refractivity contribution is -0.250. The molecule has 1 saturated heterocycles. The molecule has 0 saturated carbocycles. The van der Waals surface area contributed by atoms with Crippen molar-refractivity contribution in [1.82, 2.24) is 19.5 Å². The maximum Gasteiger partial charge on any atom is 0.167 e. The van der Waals surface area contributed by atoms with Gasteiger partial charge in [0.2, 0.25) is 0 Å². The fourth-order valence-corrected chi connectivity index (χ4v) is 3.26. The van der Waals surface area contributed by atoms with Crippen LogP contribution in [0.25, 0.3) is 11.2 Å². The van der Waals surface area contributed by atoms with Gasteiger partial charge in [0.25, 0.3) is 0 Å². The first-order valence-electron chi connectivity index (χ1n) is 8.86. The Morgan fingerprint density at radius 1 is 1.00 bits per heavy atom. The first-order valence-corrected chi connectivity index (χ1v) is 8.86. The highest BCUT2D eigenvalue weighted by Gasteiger charge is 2.44. The van der Waals surface area contributed by atoms with E-state index in [-0.39, 0.29) is 0 Å². The number of imidazole rings is 1. The van der Waals surface area contributed by atoms with E-state index in [1.807, 2.05) is 30.3 Å². The van der Waals surface area contributed by atoms with E-state index in [2.05, 4.69) is 20.3 Å². The minimum Gasteiger partial charge on any atom is -0.394 e. The zero-order valence-electron chi connectivity index (χ0n) is 14.8. The van der Waals surface area contributed by atoms with Crippen molar-refractivity contribution in [1.29, 1.82) is 0 Å². The van der Waals surface area contributed by atoms with Crippen molar-refractivity contribution in [3.05, 3.63) is 48.5 Å². The second-order valence-corrected chi connectivity index (χ2v) is 6.60. The molecule has 4 rings (SSSR count). The van der Waals surface area contributed by atoms with Gasteiger partial charge < -0.3 is 30.5 Å². The Morgan fingerprint density at radius 2 is 1.79 bits per heavy atom. The van der Waals surface area contributed by atoms with Gasteiger partial charge in [-0.25, -0.2) is 15.0 Å². The van der Waals surface area contributed by atoms with E-state index in [1.165, 1.54) is 17.2 Å². The Labute approximate surface area is 160 Å². The minimum atomic E-state index is -1.48. The maximum atomic E-state index is 10.3. The number of aliphatic hydroxyl groups excluding tert-OH is 4. The molecule has 1 aliphatic rings. The van der Waals surface area contributed by atoms with Crippen LogP contribution in [-0.4, -0.2) is 71.0 Å². The Balaban J connectivity index is 1.62. The Hall–Kier alpha value is -2.63. The number of benzene rings is 1. The fourth-order valence-electron chi connectivity index (χ4n) is 3.26. The van der Waals surface area contributed by atoms with Crippen molar-refractivity contribution in [3.63, 3.8) is 0 Å². The number of anilines is 1. The summed E-state index contributed by atoms with van der Waals surface area (Å²) in [6, 6.07) is 9.80. The van der Waals surface area contributed by atoms with Crippen LogP contribution in [-0.2, 0) is 11.3 Å². The van der Waals surface area contributed by atoms with Crippen molar-refractivity contribution < 1.29 is 25.2 Å². The first-order chi connectivity index (χ1) is 13.6. The van der Waals surface area contributed by atoms with Gasteiger partial charge in [-0.2, -0.15) is 0 Å². The monoisotopic (exact) mass is 387 g/mol. The van der Waals surface area contributed by atoms with E-state index < -0.39 is 37.3 Å². The maximum absolute atomic E-state index is 10.3. The summed E-state index contributed by atoms with van der Waals surface area (Å²) in [6.45, 7) is 0.0345. The van der Waals surface area contributed by atoms with Gasteiger partial charge in [0.1, 0.15) is 30.7 Å². The molecule has 0 bridgehead atoms. The van der Waals surface area contributed by atoms with Crippen molar-refractivity contribution in [2.45, 2.75) is 37.2 Å². The molecule has 10 nitrogen and oxygen atoms in total. The molecule has 0 spiro atoms. The highest BCUT2D eigenvalue weighted by atomic mass is 16.6. The summed E-state index contributed by atoms with van der Waals surface area (Å²) in [4.78, 5) is 12.8. The third-order valence-electron chi connectivity index (χ3n) is 4.80. The predicted molar refractivity (Wildman–Crippen MR) is 98.1 cm³/mol. The number of hydrogen-bond acceptors (Lipinski definition) is 9. The SMILES string of the molecule is OC[C@H]1O[C@H](n2cnc3c(NCc4ccccc4)ncnc32)[C@H](O)[C@@H](O)[C@@H]1O. The van der Waals surface area contributed by atoms with Crippen LogP contribution < -0.4 is 5.32 Å². The average molecular weight is 387 g/mol. The van der Waals surface area contributed by atoms with E-state index in [0.29, 0.717) is 23.5 Å². The minimum absolute atomic E-state index is 0.384. The zero-order chi connectivity index (χ0) is 19.7. The lowest BCUT2D eigenvalue weighted by atomic mass is 9.98. The topological polar surface area (TPSA) is 146 Å². The Bertz CT molecular complexity index is 935. The summed E-state index contributed by atoms with van der Waals surface area (Å²) >= 11 is 0. The summed E-state index contributed by atoms with van der Waals surface area (Å²) in [5.74, 6) is 0.511. The smallest absolute Gasteiger partial charge is 0.167 e. The highest BCUT2D eigenvalue weighted by molar-refractivity contribution is 5.82. The lowest BCUT2D eigenvalue weighted by Gasteiger charge is -2.40. The normalized spacial score (nSPS) is 27.8. The van der Waals surface area contributed by atoms with Crippen LogP contribution in [0.3, 0.4) is 0 Å². The molecule has 0 aliphatic carbocycles. The molecule has 1 aliphatic heterocycles. The van der Waals surface area contributed by atoms with Gasteiger partial charge in [-0.15, -0.1) is 0 Å². The molecule has 0 radical (unpaired) electrons. The molecular formula is C18H21N5O5. The van der Waals surface area contributed by atoms with Crippen LogP contribution in [0.15, 0.2) is 43.0 Å². The second-order valence-electron chi connectivity index (χ2n) is 6.60. The van der Waals surface area contributed by atoms with Crippen molar-refractivity contribution in [2.24, 2.45) is 0 Å². The van der Waals surface area contributed by atoms with Gasteiger partial charge >= 0.3 is 0 Å². The first kappa shape index (κ1) is 18.7. The number of nitrogens with one attached hydrogen (secondary N) is 1. The predicted octanol–water partition coefficient (Wildman–Crippen LogP) is -0.589. The average Bonchev–Trinajstić information content (AvgIpc) is 3.16. The van der Waals surface area contributed by atoms with Crippen LogP contribution in [0.5, 0.6) is 0 Å². The molecule has 1 fully saturated rings. The zero-order valence-corrected chi connectivity index (χ0v) is 14.8. The fraction of sp³-hybridized carbons (Fsp3) is 0.389. The third kappa shape index (κ3) is 3.32. The van der Waals surface area contributed by atoms with E-state index in [0.717, 1.165) is 5.56 Å². The number of aliphatic hydroxyl groups is 4. The van der Waals surface area contributed by atoms with Crippen LogP contribution in [0, 0.1) is 0 Å². The molecular weight excluding hydrogens is 366 g/mol. The number of ether oxygens (including phenoxy) is 1. The molecule has 3 heterocycles. The number of nitrogens with zero attached hydrogens (tertiary/aromatic N) is 4. The number of fused-ring (bicyclic) bond motifs is 1. The van der Waals surface area contributed by atoms with Gasteiger partial charge in [0.15, 0.2) is 23.2 Å². The van der Waals surface area contributed by atoms with E-state index in [1.54, 1.807) is 0 Å². The molecule has 2 aromatic heterocycles. The second kappa shape index (κ2) is 7.78. The van der Waals surface area contributed by atoms with Crippen LogP contribution >= 0.6 is 0 Å². The van der Waals surface area contributed by atoms with Crippen LogP contribution in [0.2, 0.25) is 0 Å². The molecule has 1 aromatic carbocycles. The number of rotatable bonds is 5. The Morgan fingerprint density at radius 3 is 2.54 bits per heavy atom. The Kier molecular flexibility index (Phi) is 5.20. The number of hydrogen-bond donors (Lipinski definition) is 5. The molecule has 10 heteroatoms. The van der Waals surface area contributed by atoms with Gasteiger partial charge in [-0.3, -0.25) is 4.57 Å². The molecule has 5 N–H and O–H groups in total. The van der Waals surface area contributed by atoms with E-state index in [4.69, 9.17) is 4.74 Å². The van der Waals surface area contributed by atoms with Gasteiger partial charge in [0.05, 0.1) is 12.9 Å². The molecule has 0 unspecified atom stereocenters. The van der Waals surface area contributed by atoms with Crippen LogP contribution in [0.4, 0.5) is 5.82 Å². The van der Waals surface area contributed by atoms with Crippen molar-refractivity contribution >= 4 is 17.0 Å². The molecule has 148 valence electrons. The molecule has 0 amide bonds.